The topological polar surface area (TPSA) is 85.8 Å². The highest BCUT2D eigenvalue weighted by atomic mass is 127. The highest BCUT2D eigenvalue weighted by Gasteiger charge is 2.14. The molecule has 1 amide bonds. The van der Waals surface area contributed by atoms with Gasteiger partial charge in [0.05, 0.1) is 5.75 Å². The first-order valence-electron chi connectivity index (χ1n) is 7.90. The number of carbonyl (C=O) groups excluding carboxylic acids is 1. The zero-order valence-corrected chi connectivity index (χ0v) is 17.3. The molecule has 0 saturated carbocycles. The molecular weight excluding hydrogens is 461 g/mol. The van der Waals surface area contributed by atoms with Crippen molar-refractivity contribution in [2.24, 2.45) is 0 Å². The lowest BCUT2D eigenvalue weighted by Gasteiger charge is -2.08. The number of hydrogen-bond donors (Lipinski definition) is 2. The largest absolute Gasteiger partial charge is 0.335 e. The second-order valence-corrected chi connectivity index (χ2v) is 8.03. The fraction of sp³-hybridized carbons (Fsp3) is 0.167. The molecular formula is C18H18IN5OS. The quantitative estimate of drug-likeness (QED) is 0.332. The first-order chi connectivity index (χ1) is 12.4. The third-order valence-corrected chi connectivity index (χ3v) is 5.35. The van der Waals surface area contributed by atoms with Gasteiger partial charge in [0.1, 0.15) is 0 Å². The average Bonchev–Trinajstić information content (AvgIpc) is 2.96. The number of amides is 1. The molecule has 0 saturated heterocycles. The predicted octanol–water partition coefficient (Wildman–Crippen LogP) is 3.61. The molecule has 0 spiro atoms. The number of nitrogens with zero attached hydrogens (tertiary/aromatic N) is 3. The molecule has 3 N–H and O–H groups in total. The van der Waals surface area contributed by atoms with E-state index in [1.165, 1.54) is 16.4 Å². The first kappa shape index (κ1) is 18.7. The summed E-state index contributed by atoms with van der Waals surface area (Å²) in [5, 5.41) is 11.7. The fourth-order valence-corrected chi connectivity index (χ4v) is 3.74. The van der Waals surface area contributed by atoms with E-state index in [0.29, 0.717) is 11.0 Å². The van der Waals surface area contributed by atoms with Gasteiger partial charge in [-0.2, -0.15) is 0 Å². The van der Waals surface area contributed by atoms with Gasteiger partial charge in [0.15, 0.2) is 5.82 Å². The summed E-state index contributed by atoms with van der Waals surface area (Å²) in [5.74, 6) is 6.77. The summed E-state index contributed by atoms with van der Waals surface area (Å²) in [6, 6.07) is 13.8. The van der Waals surface area contributed by atoms with Crippen molar-refractivity contribution < 1.29 is 4.79 Å². The number of halogens is 1. The Bertz CT molecular complexity index is 957. The minimum Gasteiger partial charge on any atom is -0.335 e. The maximum Gasteiger partial charge on any atom is 0.234 e. The SMILES string of the molecule is Cc1cccc(-c2nnc(SCC(=O)Nc3ccc(I)cc3C)n2N)c1. The van der Waals surface area contributed by atoms with Gasteiger partial charge in [-0.15, -0.1) is 10.2 Å². The van der Waals surface area contributed by atoms with E-state index >= 15 is 0 Å². The normalized spacial score (nSPS) is 10.7. The van der Waals surface area contributed by atoms with Gasteiger partial charge in [-0.3, -0.25) is 4.79 Å². The number of aromatic nitrogens is 3. The first-order valence-corrected chi connectivity index (χ1v) is 9.97. The maximum absolute atomic E-state index is 12.2. The van der Waals surface area contributed by atoms with Gasteiger partial charge in [-0.1, -0.05) is 35.5 Å². The number of aryl methyl sites for hydroxylation is 2. The van der Waals surface area contributed by atoms with E-state index < -0.39 is 0 Å². The molecule has 0 aliphatic rings. The lowest BCUT2D eigenvalue weighted by molar-refractivity contribution is -0.113. The van der Waals surface area contributed by atoms with Crippen LogP contribution in [0, 0.1) is 17.4 Å². The van der Waals surface area contributed by atoms with Crippen LogP contribution in [0.15, 0.2) is 47.6 Å². The van der Waals surface area contributed by atoms with Gasteiger partial charge >= 0.3 is 0 Å². The zero-order chi connectivity index (χ0) is 18.7. The molecule has 8 heteroatoms. The molecule has 3 aromatic rings. The summed E-state index contributed by atoms with van der Waals surface area (Å²) in [5.41, 5.74) is 3.85. The van der Waals surface area contributed by atoms with Crippen LogP contribution in [0.4, 0.5) is 5.69 Å². The van der Waals surface area contributed by atoms with E-state index in [-0.39, 0.29) is 11.7 Å². The third kappa shape index (κ3) is 4.36. The molecule has 0 radical (unpaired) electrons. The van der Waals surface area contributed by atoms with Crippen LogP contribution >= 0.6 is 34.4 Å². The molecule has 0 bridgehead atoms. The van der Waals surface area contributed by atoms with Crippen molar-refractivity contribution in [2.45, 2.75) is 19.0 Å². The number of nitrogens with two attached hydrogens (primary N) is 1. The van der Waals surface area contributed by atoms with Crippen LogP contribution in [0.25, 0.3) is 11.4 Å². The number of thioether (sulfide) groups is 1. The van der Waals surface area contributed by atoms with Crippen LogP contribution in [-0.4, -0.2) is 26.5 Å². The van der Waals surface area contributed by atoms with Crippen molar-refractivity contribution in [1.82, 2.24) is 14.9 Å². The molecule has 6 nitrogen and oxygen atoms in total. The van der Waals surface area contributed by atoms with Crippen molar-refractivity contribution in [3.63, 3.8) is 0 Å². The minimum atomic E-state index is -0.112. The zero-order valence-electron chi connectivity index (χ0n) is 14.4. The summed E-state index contributed by atoms with van der Waals surface area (Å²) >= 11 is 3.50. The van der Waals surface area contributed by atoms with Gasteiger partial charge in [0.25, 0.3) is 0 Å². The number of carbonyl (C=O) groups is 1. The standard InChI is InChI=1S/C18H18IN5OS/c1-11-4-3-5-13(8-11)17-22-23-18(24(17)20)26-10-16(25)21-15-7-6-14(19)9-12(15)2/h3-9H,10,20H2,1-2H3,(H,21,25). The van der Waals surface area contributed by atoms with Gasteiger partial charge in [0, 0.05) is 14.8 Å². The van der Waals surface area contributed by atoms with E-state index in [9.17, 15) is 4.79 Å². The van der Waals surface area contributed by atoms with Gasteiger partial charge in [-0.25, -0.2) is 4.68 Å². The molecule has 1 aromatic heterocycles. The Kier molecular flexibility index (Phi) is 5.82. The molecule has 134 valence electrons. The van der Waals surface area contributed by atoms with Crippen LogP contribution in [0.5, 0.6) is 0 Å². The molecule has 26 heavy (non-hydrogen) atoms. The molecule has 0 unspecified atom stereocenters. The Labute approximate surface area is 169 Å². The van der Waals surface area contributed by atoms with Crippen LogP contribution in [0.2, 0.25) is 0 Å². The van der Waals surface area contributed by atoms with Crippen molar-refractivity contribution in [3.05, 3.63) is 57.2 Å². The van der Waals surface area contributed by atoms with Crippen molar-refractivity contribution >= 4 is 45.9 Å². The molecule has 0 aliphatic heterocycles. The van der Waals surface area contributed by atoms with Crippen LogP contribution in [-0.2, 0) is 4.79 Å². The van der Waals surface area contributed by atoms with Gasteiger partial charge in [0.2, 0.25) is 11.1 Å². The summed E-state index contributed by atoms with van der Waals surface area (Å²) in [4.78, 5) is 12.2. The lowest BCUT2D eigenvalue weighted by atomic mass is 10.1. The highest BCUT2D eigenvalue weighted by molar-refractivity contribution is 14.1. The average molecular weight is 479 g/mol. The number of anilines is 1. The Hall–Kier alpha value is -2.07. The van der Waals surface area contributed by atoms with Crippen molar-refractivity contribution in [3.8, 4) is 11.4 Å². The minimum absolute atomic E-state index is 0.112. The number of nitrogen functional groups attached to an aromatic ring is 1. The third-order valence-electron chi connectivity index (χ3n) is 3.74. The van der Waals surface area contributed by atoms with E-state index in [1.54, 1.807) is 0 Å². The summed E-state index contributed by atoms with van der Waals surface area (Å²) in [7, 11) is 0. The Morgan fingerprint density at radius 1 is 1.23 bits per heavy atom. The van der Waals surface area contributed by atoms with Crippen LogP contribution < -0.4 is 11.2 Å². The second kappa shape index (κ2) is 8.09. The van der Waals surface area contributed by atoms with Gasteiger partial charge in [-0.05, 0) is 66.3 Å². The van der Waals surface area contributed by atoms with Crippen molar-refractivity contribution in [1.29, 1.82) is 0 Å². The molecule has 1 heterocycles. The van der Waals surface area contributed by atoms with Crippen LogP contribution in [0.3, 0.4) is 0 Å². The predicted molar refractivity (Wildman–Crippen MR) is 114 cm³/mol. The number of rotatable bonds is 5. The second-order valence-electron chi connectivity index (χ2n) is 5.84. The molecule has 0 fully saturated rings. The summed E-state index contributed by atoms with van der Waals surface area (Å²) in [6.45, 7) is 3.98. The summed E-state index contributed by atoms with van der Waals surface area (Å²) < 4.78 is 2.55. The molecule has 0 aliphatic carbocycles. The number of hydrogen-bond acceptors (Lipinski definition) is 5. The van der Waals surface area contributed by atoms with E-state index in [1.807, 2.05) is 56.3 Å². The lowest BCUT2D eigenvalue weighted by Crippen LogP contribution is -2.17. The monoisotopic (exact) mass is 479 g/mol. The van der Waals surface area contributed by atoms with Gasteiger partial charge < -0.3 is 11.2 Å². The molecule has 2 aromatic carbocycles. The summed E-state index contributed by atoms with van der Waals surface area (Å²) in [6.07, 6.45) is 0. The molecule has 3 rings (SSSR count). The maximum atomic E-state index is 12.2. The van der Waals surface area contributed by atoms with E-state index in [2.05, 4.69) is 38.1 Å². The number of benzene rings is 2. The number of nitrogens with one attached hydrogen (secondary N) is 1. The van der Waals surface area contributed by atoms with E-state index in [4.69, 9.17) is 5.84 Å². The molecule has 0 atom stereocenters. The van der Waals surface area contributed by atoms with Crippen LogP contribution in [0.1, 0.15) is 11.1 Å². The van der Waals surface area contributed by atoms with Crippen molar-refractivity contribution in [2.75, 3.05) is 16.9 Å². The smallest absolute Gasteiger partial charge is 0.234 e. The Morgan fingerprint density at radius 3 is 2.77 bits per heavy atom. The fourth-order valence-electron chi connectivity index (χ4n) is 2.44. The highest BCUT2D eigenvalue weighted by Crippen LogP contribution is 2.23. The van der Waals surface area contributed by atoms with E-state index in [0.717, 1.165) is 25.9 Å². The Balaban J connectivity index is 1.66. The Morgan fingerprint density at radius 2 is 2.04 bits per heavy atom.